The maximum atomic E-state index is 11.8. The molecule has 82 valence electrons. The van der Waals surface area contributed by atoms with Gasteiger partial charge in [0.1, 0.15) is 5.69 Å². The van der Waals surface area contributed by atoms with Crippen LogP contribution in [0.3, 0.4) is 0 Å². The molecular weight excluding hydrogens is 204 g/mol. The van der Waals surface area contributed by atoms with Crippen molar-refractivity contribution < 1.29 is 4.79 Å². The lowest BCUT2D eigenvalue weighted by Gasteiger charge is -2.05. The van der Waals surface area contributed by atoms with E-state index in [9.17, 15) is 4.79 Å². The summed E-state index contributed by atoms with van der Waals surface area (Å²) in [6.45, 7) is 1.90. The highest BCUT2D eigenvalue weighted by Gasteiger charge is 2.08. The zero-order valence-corrected chi connectivity index (χ0v) is 8.82. The highest BCUT2D eigenvalue weighted by Crippen LogP contribution is 2.13. The van der Waals surface area contributed by atoms with Gasteiger partial charge in [0.05, 0.1) is 11.9 Å². The molecule has 5 heteroatoms. The lowest BCUT2D eigenvalue weighted by Crippen LogP contribution is -2.13. The standard InChI is InChI=1S/C11H12N4O/c1-7-2-3-13-6-10(7)15-11(16)9-4-8(12)5-14-9/h2-6,14H,12H2,1H3,(H,15,16). The molecule has 4 N–H and O–H groups in total. The smallest absolute Gasteiger partial charge is 0.272 e. The van der Waals surface area contributed by atoms with Crippen molar-refractivity contribution in [2.45, 2.75) is 6.92 Å². The molecule has 0 bridgehead atoms. The van der Waals surface area contributed by atoms with Crippen LogP contribution < -0.4 is 11.1 Å². The number of anilines is 2. The Kier molecular flexibility index (Phi) is 2.59. The van der Waals surface area contributed by atoms with Crippen molar-refractivity contribution in [1.82, 2.24) is 9.97 Å². The van der Waals surface area contributed by atoms with E-state index in [4.69, 9.17) is 5.73 Å². The molecule has 5 nitrogen and oxygen atoms in total. The van der Waals surface area contributed by atoms with E-state index >= 15 is 0 Å². The molecule has 2 rings (SSSR count). The van der Waals surface area contributed by atoms with Crippen LogP contribution in [0.15, 0.2) is 30.7 Å². The Bertz CT molecular complexity index is 518. The van der Waals surface area contributed by atoms with E-state index in [0.717, 1.165) is 5.56 Å². The number of amides is 1. The second-order valence-electron chi connectivity index (χ2n) is 3.49. The highest BCUT2D eigenvalue weighted by atomic mass is 16.1. The van der Waals surface area contributed by atoms with Crippen molar-refractivity contribution in [1.29, 1.82) is 0 Å². The number of carbonyl (C=O) groups is 1. The molecule has 0 saturated heterocycles. The first-order chi connectivity index (χ1) is 7.66. The third-order valence-electron chi connectivity index (χ3n) is 2.24. The van der Waals surface area contributed by atoms with Crippen LogP contribution in [-0.2, 0) is 0 Å². The number of nitrogens with one attached hydrogen (secondary N) is 2. The normalized spacial score (nSPS) is 10.1. The fourth-order valence-electron chi connectivity index (χ4n) is 1.33. The van der Waals surface area contributed by atoms with Gasteiger partial charge in [0.2, 0.25) is 0 Å². The molecule has 1 amide bonds. The molecule has 0 saturated carbocycles. The first-order valence-electron chi connectivity index (χ1n) is 4.82. The second-order valence-corrected chi connectivity index (χ2v) is 3.49. The van der Waals surface area contributed by atoms with Crippen LogP contribution in [0.1, 0.15) is 16.1 Å². The Hall–Kier alpha value is -2.30. The van der Waals surface area contributed by atoms with Crippen molar-refractivity contribution in [2.75, 3.05) is 11.1 Å². The summed E-state index contributed by atoms with van der Waals surface area (Å²) in [5.74, 6) is -0.229. The number of nitrogens with two attached hydrogens (primary N) is 1. The molecule has 2 aromatic rings. The minimum atomic E-state index is -0.229. The third-order valence-corrected chi connectivity index (χ3v) is 2.24. The predicted molar refractivity (Wildman–Crippen MR) is 62.1 cm³/mol. The van der Waals surface area contributed by atoms with Crippen LogP contribution in [0.4, 0.5) is 11.4 Å². The summed E-state index contributed by atoms with van der Waals surface area (Å²) in [6, 6.07) is 3.42. The van der Waals surface area contributed by atoms with E-state index in [1.165, 1.54) is 0 Å². The first kappa shape index (κ1) is 10.2. The number of nitrogen functional groups attached to an aromatic ring is 1. The van der Waals surface area contributed by atoms with Crippen molar-refractivity contribution in [3.05, 3.63) is 42.0 Å². The van der Waals surface area contributed by atoms with E-state index in [2.05, 4.69) is 15.3 Å². The van der Waals surface area contributed by atoms with Crippen molar-refractivity contribution >= 4 is 17.3 Å². The number of aromatic nitrogens is 2. The summed E-state index contributed by atoms with van der Waals surface area (Å²) in [7, 11) is 0. The predicted octanol–water partition coefficient (Wildman–Crippen LogP) is 1.55. The number of carbonyl (C=O) groups excluding carboxylic acids is 1. The van der Waals surface area contributed by atoms with Gasteiger partial charge in [-0.05, 0) is 24.6 Å². The minimum Gasteiger partial charge on any atom is -0.397 e. The van der Waals surface area contributed by atoms with Gasteiger partial charge in [-0.1, -0.05) is 0 Å². The molecule has 0 aliphatic carbocycles. The molecule has 0 spiro atoms. The SMILES string of the molecule is Cc1ccncc1NC(=O)c1cc(N)c[nH]1. The second kappa shape index (κ2) is 4.06. The van der Waals surface area contributed by atoms with Crippen LogP contribution >= 0.6 is 0 Å². The minimum absolute atomic E-state index is 0.229. The van der Waals surface area contributed by atoms with Crippen LogP contribution in [0.2, 0.25) is 0 Å². The van der Waals surface area contributed by atoms with E-state index in [1.54, 1.807) is 24.7 Å². The van der Waals surface area contributed by atoms with Gasteiger partial charge < -0.3 is 16.0 Å². The zero-order chi connectivity index (χ0) is 11.5. The lowest BCUT2D eigenvalue weighted by atomic mass is 10.2. The first-order valence-corrected chi connectivity index (χ1v) is 4.82. The molecule has 0 fully saturated rings. The molecule has 0 unspecified atom stereocenters. The van der Waals surface area contributed by atoms with Crippen LogP contribution in [0.5, 0.6) is 0 Å². The summed E-state index contributed by atoms with van der Waals surface area (Å²) in [5, 5.41) is 2.75. The molecule has 2 heterocycles. The van der Waals surface area contributed by atoms with E-state index in [1.807, 2.05) is 13.0 Å². The summed E-state index contributed by atoms with van der Waals surface area (Å²) in [5.41, 5.74) is 8.14. The van der Waals surface area contributed by atoms with Crippen molar-refractivity contribution in [3.8, 4) is 0 Å². The van der Waals surface area contributed by atoms with Crippen molar-refractivity contribution in [3.63, 3.8) is 0 Å². The fourth-order valence-corrected chi connectivity index (χ4v) is 1.33. The number of aryl methyl sites for hydroxylation is 1. The number of rotatable bonds is 2. The van der Waals surface area contributed by atoms with Gasteiger partial charge in [0.15, 0.2) is 0 Å². The number of nitrogens with zero attached hydrogens (tertiary/aromatic N) is 1. The summed E-state index contributed by atoms with van der Waals surface area (Å²) in [4.78, 5) is 18.5. The average molecular weight is 216 g/mol. The Morgan fingerprint density at radius 3 is 3.00 bits per heavy atom. The number of H-pyrrole nitrogens is 1. The topological polar surface area (TPSA) is 83.8 Å². The summed E-state index contributed by atoms with van der Waals surface area (Å²) in [6.07, 6.45) is 4.86. The Balaban J connectivity index is 2.17. The third kappa shape index (κ3) is 2.03. The van der Waals surface area contributed by atoms with Crippen LogP contribution in [-0.4, -0.2) is 15.9 Å². The monoisotopic (exact) mass is 216 g/mol. The average Bonchev–Trinajstić information content (AvgIpc) is 2.68. The number of aromatic amines is 1. The zero-order valence-electron chi connectivity index (χ0n) is 8.82. The molecule has 2 aromatic heterocycles. The number of hydrogen-bond donors (Lipinski definition) is 3. The van der Waals surface area contributed by atoms with Gasteiger partial charge in [-0.25, -0.2) is 0 Å². The van der Waals surface area contributed by atoms with Crippen LogP contribution in [0, 0.1) is 6.92 Å². The van der Waals surface area contributed by atoms with Gasteiger partial charge in [0.25, 0.3) is 5.91 Å². The maximum absolute atomic E-state index is 11.8. The molecule has 16 heavy (non-hydrogen) atoms. The van der Waals surface area contributed by atoms with E-state index in [0.29, 0.717) is 17.1 Å². The fraction of sp³-hybridized carbons (Fsp3) is 0.0909. The highest BCUT2D eigenvalue weighted by molar-refractivity contribution is 6.03. The van der Waals surface area contributed by atoms with Crippen molar-refractivity contribution in [2.24, 2.45) is 0 Å². The van der Waals surface area contributed by atoms with Gasteiger partial charge in [0, 0.05) is 18.1 Å². The van der Waals surface area contributed by atoms with Crippen LogP contribution in [0.25, 0.3) is 0 Å². The number of pyridine rings is 1. The Morgan fingerprint density at radius 2 is 2.38 bits per heavy atom. The molecule has 0 aliphatic rings. The molecule has 0 aliphatic heterocycles. The molecule has 0 aromatic carbocycles. The van der Waals surface area contributed by atoms with E-state index in [-0.39, 0.29) is 5.91 Å². The number of hydrogen-bond acceptors (Lipinski definition) is 3. The van der Waals surface area contributed by atoms with E-state index < -0.39 is 0 Å². The Labute approximate surface area is 92.7 Å². The molecular formula is C11H12N4O. The molecule has 0 atom stereocenters. The summed E-state index contributed by atoms with van der Waals surface area (Å²) >= 11 is 0. The largest absolute Gasteiger partial charge is 0.397 e. The van der Waals surface area contributed by atoms with Gasteiger partial charge in [-0.3, -0.25) is 9.78 Å². The van der Waals surface area contributed by atoms with Gasteiger partial charge in [-0.2, -0.15) is 0 Å². The quantitative estimate of drug-likeness (QED) is 0.712. The maximum Gasteiger partial charge on any atom is 0.272 e. The van der Waals surface area contributed by atoms with Gasteiger partial charge in [-0.15, -0.1) is 0 Å². The molecule has 0 radical (unpaired) electrons. The lowest BCUT2D eigenvalue weighted by molar-refractivity contribution is 0.102. The Morgan fingerprint density at radius 1 is 1.56 bits per heavy atom. The van der Waals surface area contributed by atoms with Gasteiger partial charge >= 0.3 is 0 Å². The summed E-state index contributed by atoms with van der Waals surface area (Å²) < 4.78 is 0.